The zero-order valence-corrected chi connectivity index (χ0v) is 14.7. The van der Waals surface area contributed by atoms with Gasteiger partial charge in [-0.25, -0.2) is 13.4 Å². The van der Waals surface area contributed by atoms with Crippen LogP contribution in [0.5, 0.6) is 0 Å². The normalized spacial score (nSPS) is 17.7. The van der Waals surface area contributed by atoms with Crippen molar-refractivity contribution in [1.82, 2.24) is 14.6 Å². The SMILES string of the molecule is Cc1nc(N2CCN(S(C)(=O)=O)CC2)sc1CNC(C)C. The van der Waals surface area contributed by atoms with Crippen molar-refractivity contribution < 1.29 is 8.42 Å². The van der Waals surface area contributed by atoms with Crippen LogP contribution in [0.3, 0.4) is 0 Å². The van der Waals surface area contributed by atoms with Gasteiger partial charge in [-0.15, -0.1) is 11.3 Å². The monoisotopic (exact) mass is 332 g/mol. The number of nitrogens with one attached hydrogen (secondary N) is 1. The summed E-state index contributed by atoms with van der Waals surface area (Å²) in [5.74, 6) is 0. The van der Waals surface area contributed by atoms with Crippen LogP contribution in [0, 0.1) is 6.92 Å². The average Bonchev–Trinajstić information content (AvgIpc) is 2.77. The minimum absolute atomic E-state index is 0.452. The van der Waals surface area contributed by atoms with Crippen LogP contribution in [-0.2, 0) is 16.6 Å². The van der Waals surface area contributed by atoms with E-state index in [1.165, 1.54) is 15.4 Å². The molecule has 2 rings (SSSR count). The second-order valence-corrected chi connectivity index (χ2v) is 8.73. The Kier molecular flexibility index (Phi) is 5.24. The Balaban J connectivity index is 1.99. The molecule has 1 aromatic rings. The highest BCUT2D eigenvalue weighted by molar-refractivity contribution is 7.88. The molecule has 8 heteroatoms. The van der Waals surface area contributed by atoms with Gasteiger partial charge >= 0.3 is 0 Å². The van der Waals surface area contributed by atoms with Crippen molar-refractivity contribution in [2.45, 2.75) is 33.4 Å². The van der Waals surface area contributed by atoms with Gasteiger partial charge in [-0.1, -0.05) is 13.8 Å². The lowest BCUT2D eigenvalue weighted by Gasteiger charge is -2.32. The molecule has 1 saturated heterocycles. The van der Waals surface area contributed by atoms with E-state index < -0.39 is 10.0 Å². The number of sulfonamides is 1. The van der Waals surface area contributed by atoms with E-state index in [4.69, 9.17) is 0 Å². The molecule has 0 spiro atoms. The number of hydrogen-bond donors (Lipinski definition) is 1. The molecule has 0 unspecified atom stereocenters. The molecule has 2 heterocycles. The Morgan fingerprint density at radius 1 is 1.29 bits per heavy atom. The third kappa shape index (κ3) is 4.38. The molecule has 1 aliphatic heterocycles. The maximum Gasteiger partial charge on any atom is 0.211 e. The van der Waals surface area contributed by atoms with Gasteiger partial charge in [-0.2, -0.15) is 4.31 Å². The first-order valence-electron chi connectivity index (χ1n) is 7.17. The van der Waals surface area contributed by atoms with E-state index in [1.54, 1.807) is 11.3 Å². The molecule has 0 amide bonds. The molecule has 1 aliphatic rings. The van der Waals surface area contributed by atoms with Crippen LogP contribution in [0.1, 0.15) is 24.4 Å². The summed E-state index contributed by atoms with van der Waals surface area (Å²) < 4.78 is 24.6. The molecule has 0 atom stereocenters. The van der Waals surface area contributed by atoms with Crippen molar-refractivity contribution in [3.63, 3.8) is 0 Å². The number of nitrogens with zero attached hydrogens (tertiary/aromatic N) is 3. The lowest BCUT2D eigenvalue weighted by atomic mass is 10.3. The number of rotatable bonds is 5. The molecular formula is C13H24N4O2S2. The molecular weight excluding hydrogens is 308 g/mol. The predicted octanol–water partition coefficient (Wildman–Crippen LogP) is 1.03. The first-order valence-corrected chi connectivity index (χ1v) is 9.83. The summed E-state index contributed by atoms with van der Waals surface area (Å²) in [7, 11) is -3.07. The van der Waals surface area contributed by atoms with E-state index in [-0.39, 0.29) is 0 Å². The highest BCUT2D eigenvalue weighted by Crippen LogP contribution is 2.27. The minimum atomic E-state index is -3.07. The van der Waals surface area contributed by atoms with Crippen LogP contribution < -0.4 is 10.2 Å². The van der Waals surface area contributed by atoms with Crippen LogP contribution in [-0.4, -0.2) is 56.2 Å². The quantitative estimate of drug-likeness (QED) is 0.872. The van der Waals surface area contributed by atoms with Gasteiger partial charge < -0.3 is 10.2 Å². The van der Waals surface area contributed by atoms with Crippen molar-refractivity contribution in [1.29, 1.82) is 0 Å². The largest absolute Gasteiger partial charge is 0.345 e. The molecule has 0 radical (unpaired) electrons. The van der Waals surface area contributed by atoms with E-state index >= 15 is 0 Å². The Bertz CT molecular complexity index is 575. The Morgan fingerprint density at radius 2 is 1.90 bits per heavy atom. The van der Waals surface area contributed by atoms with Crippen LogP contribution in [0.25, 0.3) is 0 Å². The molecule has 6 nitrogen and oxygen atoms in total. The first-order chi connectivity index (χ1) is 9.77. The zero-order chi connectivity index (χ0) is 15.6. The van der Waals surface area contributed by atoms with Crippen molar-refractivity contribution in [3.05, 3.63) is 10.6 Å². The lowest BCUT2D eigenvalue weighted by molar-refractivity contribution is 0.388. The first kappa shape index (κ1) is 16.7. The number of aryl methyl sites for hydroxylation is 1. The van der Waals surface area contributed by atoms with Crippen molar-refractivity contribution in [2.75, 3.05) is 37.3 Å². The van der Waals surface area contributed by atoms with Gasteiger partial charge in [0.2, 0.25) is 10.0 Å². The summed E-state index contributed by atoms with van der Waals surface area (Å²) in [6.45, 7) is 9.61. The fraction of sp³-hybridized carbons (Fsp3) is 0.769. The van der Waals surface area contributed by atoms with Gasteiger partial charge in [-0.05, 0) is 6.92 Å². The average molecular weight is 332 g/mol. The van der Waals surface area contributed by atoms with Gasteiger partial charge in [0, 0.05) is 43.6 Å². The molecule has 0 aromatic carbocycles. The number of hydrogen-bond acceptors (Lipinski definition) is 6. The molecule has 1 aromatic heterocycles. The van der Waals surface area contributed by atoms with Crippen LogP contribution in [0.15, 0.2) is 0 Å². The smallest absolute Gasteiger partial charge is 0.211 e. The third-order valence-corrected chi connectivity index (χ3v) is 6.05. The number of aromatic nitrogens is 1. The topological polar surface area (TPSA) is 65.5 Å². The predicted molar refractivity (Wildman–Crippen MR) is 87.5 cm³/mol. The zero-order valence-electron chi connectivity index (χ0n) is 13.1. The van der Waals surface area contributed by atoms with E-state index in [0.717, 1.165) is 17.4 Å². The van der Waals surface area contributed by atoms with Gasteiger partial charge in [-0.3, -0.25) is 0 Å². The van der Waals surface area contributed by atoms with Gasteiger partial charge in [0.05, 0.1) is 11.9 Å². The van der Waals surface area contributed by atoms with E-state index in [1.807, 2.05) is 6.92 Å². The minimum Gasteiger partial charge on any atom is -0.345 e. The summed E-state index contributed by atoms with van der Waals surface area (Å²) >= 11 is 1.70. The maximum atomic E-state index is 11.5. The molecule has 0 saturated carbocycles. The van der Waals surface area contributed by atoms with Crippen molar-refractivity contribution >= 4 is 26.5 Å². The van der Waals surface area contributed by atoms with E-state index in [2.05, 4.69) is 29.0 Å². The fourth-order valence-electron chi connectivity index (χ4n) is 2.22. The van der Waals surface area contributed by atoms with Crippen LogP contribution in [0.2, 0.25) is 0 Å². The molecule has 0 aliphatic carbocycles. The molecule has 120 valence electrons. The summed E-state index contributed by atoms with van der Waals surface area (Å²) in [5, 5.41) is 4.41. The number of thiazole rings is 1. The van der Waals surface area contributed by atoms with Crippen molar-refractivity contribution in [3.8, 4) is 0 Å². The highest BCUT2D eigenvalue weighted by atomic mass is 32.2. The van der Waals surface area contributed by atoms with Crippen molar-refractivity contribution in [2.24, 2.45) is 0 Å². The second-order valence-electron chi connectivity index (χ2n) is 5.69. The molecule has 1 N–H and O–H groups in total. The maximum absolute atomic E-state index is 11.5. The Hall–Kier alpha value is -0.700. The van der Waals surface area contributed by atoms with E-state index in [9.17, 15) is 8.42 Å². The fourth-order valence-corrected chi connectivity index (χ4v) is 4.11. The van der Waals surface area contributed by atoms with Gasteiger partial charge in [0.1, 0.15) is 0 Å². The van der Waals surface area contributed by atoms with Gasteiger partial charge in [0.15, 0.2) is 5.13 Å². The number of anilines is 1. The Morgan fingerprint density at radius 3 is 2.43 bits per heavy atom. The Labute approximate surface area is 131 Å². The standard InChI is InChI=1S/C13H24N4O2S2/c1-10(2)14-9-12-11(3)15-13(20-12)16-5-7-17(8-6-16)21(4,18)19/h10,14H,5-9H2,1-4H3. The summed E-state index contributed by atoms with van der Waals surface area (Å²) in [4.78, 5) is 8.07. The molecule has 1 fully saturated rings. The van der Waals surface area contributed by atoms with Crippen LogP contribution in [0.4, 0.5) is 5.13 Å². The van der Waals surface area contributed by atoms with E-state index in [0.29, 0.717) is 32.2 Å². The molecule has 0 bridgehead atoms. The third-order valence-electron chi connectivity index (χ3n) is 3.53. The molecule has 21 heavy (non-hydrogen) atoms. The summed E-state index contributed by atoms with van der Waals surface area (Å²) in [5.41, 5.74) is 1.06. The highest BCUT2D eigenvalue weighted by Gasteiger charge is 2.25. The van der Waals surface area contributed by atoms with Crippen LogP contribution >= 0.6 is 11.3 Å². The number of piperazine rings is 1. The van der Waals surface area contributed by atoms with Gasteiger partial charge in [0.25, 0.3) is 0 Å². The summed E-state index contributed by atoms with van der Waals surface area (Å²) in [6.07, 6.45) is 1.27. The summed E-state index contributed by atoms with van der Waals surface area (Å²) in [6, 6.07) is 0.452. The lowest BCUT2D eigenvalue weighted by Crippen LogP contribution is -2.48. The second kappa shape index (κ2) is 6.60.